The predicted molar refractivity (Wildman–Crippen MR) is 143 cm³/mol. The van der Waals surface area contributed by atoms with Gasteiger partial charge in [0.25, 0.3) is 0 Å². The Labute approximate surface area is 218 Å². The fourth-order valence-electron chi connectivity index (χ4n) is 4.92. The van der Waals surface area contributed by atoms with Crippen LogP contribution in [0.2, 0.25) is 0 Å². The van der Waals surface area contributed by atoms with E-state index in [1.807, 2.05) is 42.5 Å². The Morgan fingerprint density at radius 2 is 1.81 bits per heavy atom. The molecule has 1 amide bonds. The Morgan fingerprint density at radius 3 is 2.54 bits per heavy atom. The first-order valence-electron chi connectivity index (χ1n) is 13.3. The van der Waals surface area contributed by atoms with Crippen molar-refractivity contribution in [3.05, 3.63) is 65.7 Å². The van der Waals surface area contributed by atoms with E-state index in [4.69, 9.17) is 9.47 Å². The van der Waals surface area contributed by atoms with Gasteiger partial charge in [0.1, 0.15) is 19.4 Å². The molecule has 2 atom stereocenters. The molecule has 0 bridgehead atoms. The van der Waals surface area contributed by atoms with Gasteiger partial charge in [-0.3, -0.25) is 14.5 Å². The number of Topliss-reactive ketones (excluding diaryl/α,β-unsaturated/α-hetero) is 1. The van der Waals surface area contributed by atoms with Gasteiger partial charge >= 0.3 is 0 Å². The summed E-state index contributed by atoms with van der Waals surface area (Å²) in [6.45, 7) is 6.53. The lowest BCUT2D eigenvalue weighted by molar-refractivity contribution is -0.122. The summed E-state index contributed by atoms with van der Waals surface area (Å²) in [5.41, 5.74) is 2.75. The number of halogens is 1. The smallest absolute Gasteiger partial charge is 0.220 e. The number of nitrogens with zero attached hydrogens (tertiary/aromatic N) is 1. The summed E-state index contributed by atoms with van der Waals surface area (Å²) >= 11 is 0. The second kappa shape index (κ2) is 13.4. The number of hydrogen-bond donors (Lipinski definition) is 1. The Morgan fingerprint density at radius 1 is 1.05 bits per heavy atom. The van der Waals surface area contributed by atoms with Crippen molar-refractivity contribution in [1.29, 1.82) is 0 Å². The molecule has 0 radical (unpaired) electrons. The standard InChI is InChI=1S/C30H37FN2O4/c1-2-22-8-11-24(12-9-22)27(34)6-4-3-5-7-30(35)32-26(21-33-15-14-25(31)20-33)18-23-10-13-28-29(19-23)37-17-16-36-28/h2,8-13,19,25-26H,1,3-7,14-18,20-21H2,(H,32,35). The molecule has 0 aliphatic carbocycles. The fraction of sp³-hybridized carbons (Fsp3) is 0.467. The number of carbonyl (C=O) groups is 2. The number of amides is 1. The van der Waals surface area contributed by atoms with Crippen LogP contribution < -0.4 is 14.8 Å². The maximum Gasteiger partial charge on any atom is 0.220 e. The van der Waals surface area contributed by atoms with E-state index in [9.17, 15) is 14.0 Å². The molecule has 0 spiro atoms. The van der Waals surface area contributed by atoms with Crippen LogP contribution in [0.1, 0.15) is 60.0 Å². The Bertz CT molecular complexity index is 1070. The number of rotatable bonds is 13. The number of benzene rings is 2. The van der Waals surface area contributed by atoms with E-state index < -0.39 is 6.17 Å². The first-order chi connectivity index (χ1) is 18.0. The molecule has 1 N–H and O–H groups in total. The molecule has 4 rings (SSSR count). The highest BCUT2D eigenvalue weighted by Crippen LogP contribution is 2.31. The highest BCUT2D eigenvalue weighted by atomic mass is 19.1. The molecule has 198 valence electrons. The summed E-state index contributed by atoms with van der Waals surface area (Å²) in [6, 6.07) is 13.2. The van der Waals surface area contributed by atoms with Crippen molar-refractivity contribution >= 4 is 17.8 Å². The molecule has 2 aromatic carbocycles. The van der Waals surface area contributed by atoms with Gasteiger partial charge in [-0.1, -0.05) is 49.4 Å². The monoisotopic (exact) mass is 508 g/mol. The van der Waals surface area contributed by atoms with E-state index in [1.165, 1.54) is 0 Å². The SMILES string of the molecule is C=Cc1ccc(C(=O)CCCCCC(=O)NC(Cc2ccc3c(c2)OCCO3)CN2CCC(F)C2)cc1. The second-order valence-electron chi connectivity index (χ2n) is 9.90. The zero-order valence-electron chi connectivity index (χ0n) is 21.4. The number of nitrogens with one attached hydrogen (secondary N) is 1. The fourth-order valence-corrected chi connectivity index (χ4v) is 4.92. The van der Waals surface area contributed by atoms with Gasteiger partial charge in [0.05, 0.1) is 0 Å². The minimum atomic E-state index is -0.798. The maximum atomic E-state index is 13.8. The molecular formula is C30H37FN2O4. The maximum absolute atomic E-state index is 13.8. The average Bonchev–Trinajstić information content (AvgIpc) is 3.32. The van der Waals surface area contributed by atoms with Gasteiger partial charge in [0, 0.05) is 44.1 Å². The molecule has 0 aromatic heterocycles. The lowest BCUT2D eigenvalue weighted by Gasteiger charge is -2.25. The molecule has 7 heteroatoms. The molecule has 2 unspecified atom stereocenters. The summed E-state index contributed by atoms with van der Waals surface area (Å²) in [7, 11) is 0. The van der Waals surface area contributed by atoms with Crippen molar-refractivity contribution in [1.82, 2.24) is 10.2 Å². The predicted octanol–water partition coefficient (Wildman–Crippen LogP) is 5.01. The number of likely N-dealkylation sites (tertiary alicyclic amines) is 1. The number of ketones is 1. The minimum absolute atomic E-state index is 0.00937. The number of alkyl halides is 1. The van der Waals surface area contributed by atoms with E-state index in [1.54, 1.807) is 6.08 Å². The molecule has 1 fully saturated rings. The average molecular weight is 509 g/mol. The van der Waals surface area contributed by atoms with Gasteiger partial charge in [-0.15, -0.1) is 0 Å². The van der Waals surface area contributed by atoms with Crippen molar-refractivity contribution in [2.45, 2.75) is 57.2 Å². The van der Waals surface area contributed by atoms with Crippen molar-refractivity contribution in [3.63, 3.8) is 0 Å². The number of unbranched alkanes of at least 4 members (excludes halogenated alkanes) is 2. The van der Waals surface area contributed by atoms with E-state index in [0.29, 0.717) is 64.1 Å². The van der Waals surface area contributed by atoms with Crippen LogP contribution in [0.15, 0.2) is 49.0 Å². The summed E-state index contributed by atoms with van der Waals surface area (Å²) in [5.74, 6) is 1.58. The van der Waals surface area contributed by atoms with Crippen molar-refractivity contribution in [3.8, 4) is 11.5 Å². The lowest BCUT2D eigenvalue weighted by Crippen LogP contribution is -2.44. The Hall–Kier alpha value is -3.19. The number of ether oxygens (including phenoxy) is 2. The lowest BCUT2D eigenvalue weighted by atomic mass is 10.0. The first-order valence-corrected chi connectivity index (χ1v) is 13.3. The zero-order valence-corrected chi connectivity index (χ0v) is 21.4. The van der Waals surface area contributed by atoms with Crippen LogP contribution in [0.25, 0.3) is 6.08 Å². The van der Waals surface area contributed by atoms with Gasteiger partial charge in [0.2, 0.25) is 5.91 Å². The highest BCUT2D eigenvalue weighted by molar-refractivity contribution is 5.96. The molecule has 1 saturated heterocycles. The third-order valence-corrected chi connectivity index (χ3v) is 6.92. The minimum Gasteiger partial charge on any atom is -0.486 e. The van der Waals surface area contributed by atoms with Crippen molar-refractivity contribution < 1.29 is 23.5 Å². The van der Waals surface area contributed by atoms with E-state index in [-0.39, 0.29) is 17.7 Å². The van der Waals surface area contributed by atoms with Gasteiger partial charge in [-0.25, -0.2) is 4.39 Å². The molecular weight excluding hydrogens is 471 g/mol. The van der Waals surface area contributed by atoms with Crippen LogP contribution in [0.4, 0.5) is 4.39 Å². The number of hydrogen-bond acceptors (Lipinski definition) is 5. The molecule has 2 aliphatic rings. The zero-order chi connectivity index (χ0) is 26.0. The van der Waals surface area contributed by atoms with Crippen LogP contribution in [-0.2, 0) is 11.2 Å². The molecule has 0 saturated carbocycles. The Balaban J connectivity index is 1.23. The summed E-state index contributed by atoms with van der Waals surface area (Å²) in [4.78, 5) is 27.2. The van der Waals surface area contributed by atoms with Gasteiger partial charge in [0.15, 0.2) is 17.3 Å². The van der Waals surface area contributed by atoms with Crippen LogP contribution in [0, 0.1) is 0 Å². The topological polar surface area (TPSA) is 67.9 Å². The van der Waals surface area contributed by atoms with Crippen LogP contribution in [-0.4, -0.2) is 61.7 Å². The number of carbonyl (C=O) groups excluding carboxylic acids is 2. The van der Waals surface area contributed by atoms with Crippen molar-refractivity contribution in [2.24, 2.45) is 0 Å². The molecule has 2 aliphatic heterocycles. The van der Waals surface area contributed by atoms with Crippen LogP contribution in [0.5, 0.6) is 11.5 Å². The van der Waals surface area contributed by atoms with E-state index in [2.05, 4.69) is 16.8 Å². The normalized spacial score (nSPS) is 17.8. The number of fused-ring (bicyclic) bond motifs is 1. The third-order valence-electron chi connectivity index (χ3n) is 6.92. The van der Waals surface area contributed by atoms with Gasteiger partial charge < -0.3 is 14.8 Å². The van der Waals surface area contributed by atoms with Gasteiger partial charge in [-0.05, 0) is 48.9 Å². The van der Waals surface area contributed by atoms with E-state index in [0.717, 1.165) is 41.9 Å². The van der Waals surface area contributed by atoms with Crippen LogP contribution >= 0.6 is 0 Å². The largest absolute Gasteiger partial charge is 0.486 e. The van der Waals surface area contributed by atoms with Crippen molar-refractivity contribution in [2.75, 3.05) is 32.8 Å². The van der Waals surface area contributed by atoms with Gasteiger partial charge in [-0.2, -0.15) is 0 Å². The molecule has 6 nitrogen and oxygen atoms in total. The van der Waals surface area contributed by atoms with E-state index >= 15 is 0 Å². The third kappa shape index (κ3) is 8.15. The molecule has 2 heterocycles. The first kappa shape index (κ1) is 26.9. The molecule has 37 heavy (non-hydrogen) atoms. The summed E-state index contributed by atoms with van der Waals surface area (Å²) in [6.07, 6.45) is 5.30. The summed E-state index contributed by atoms with van der Waals surface area (Å²) in [5, 5.41) is 3.17. The second-order valence-corrected chi connectivity index (χ2v) is 9.90. The molecule has 2 aromatic rings. The van der Waals surface area contributed by atoms with Crippen LogP contribution in [0.3, 0.4) is 0 Å². The highest BCUT2D eigenvalue weighted by Gasteiger charge is 2.25. The Kier molecular flexibility index (Phi) is 9.71. The quantitative estimate of drug-likeness (QED) is 0.305. The summed E-state index contributed by atoms with van der Waals surface area (Å²) < 4.78 is 25.1.